The third kappa shape index (κ3) is 3.25. The molecule has 0 fully saturated rings. The summed E-state index contributed by atoms with van der Waals surface area (Å²) in [4.78, 5) is 2.74. The van der Waals surface area contributed by atoms with Crippen LogP contribution in [0.1, 0.15) is 0 Å². The molecule has 57 heavy (non-hydrogen) atoms. The number of hydrogen-bond acceptors (Lipinski definition) is 2. The first-order valence-electron chi connectivity index (χ1n) is 20.0. The van der Waals surface area contributed by atoms with E-state index < -0.39 is 8.07 Å². The molecule has 4 aliphatic rings. The minimum Gasteiger partial charge on any atom is -0.375 e. The molecule has 15 rings (SSSR count). The van der Waals surface area contributed by atoms with Crippen molar-refractivity contribution in [1.29, 1.82) is 0 Å². The van der Waals surface area contributed by atoms with Gasteiger partial charge in [-0.3, -0.25) is 0 Å². The lowest BCUT2D eigenvalue weighted by Crippen LogP contribution is -2.77. The third-order valence-corrected chi connectivity index (χ3v) is 20.0. The molecule has 11 aromatic rings. The Kier molecular flexibility index (Phi) is 5.20. The Morgan fingerprint density at radius 2 is 1.11 bits per heavy atom. The van der Waals surface area contributed by atoms with Crippen molar-refractivity contribution in [3.05, 3.63) is 176 Å². The Bertz CT molecular complexity index is 3640. The van der Waals surface area contributed by atoms with Crippen LogP contribution in [0.3, 0.4) is 0 Å². The van der Waals surface area contributed by atoms with Crippen LogP contribution in [-0.2, 0) is 0 Å². The number of anilines is 3. The lowest BCUT2D eigenvalue weighted by Gasteiger charge is -2.49. The van der Waals surface area contributed by atoms with Gasteiger partial charge in [0.05, 0.1) is 10.4 Å². The molecule has 1 spiro atoms. The summed E-state index contributed by atoms with van der Waals surface area (Å²) in [7, 11) is -2.77. The van der Waals surface area contributed by atoms with E-state index >= 15 is 0 Å². The number of para-hydroxylation sites is 3. The maximum atomic E-state index is 2.75. The van der Waals surface area contributed by atoms with Crippen molar-refractivity contribution < 1.29 is 0 Å². The quantitative estimate of drug-likeness (QED) is 0.140. The van der Waals surface area contributed by atoms with Crippen LogP contribution in [0.4, 0.5) is 17.1 Å². The van der Waals surface area contributed by atoms with Crippen LogP contribution in [0.5, 0.6) is 0 Å². The number of thiophene rings is 1. The highest BCUT2D eigenvalue weighted by Gasteiger charge is 2.57. The SMILES string of the molecule is c1ccc2c(c1)-c1ccccc1[Si]21c2ccccc2N2c3c(cccc31)B1c3c(cc4c(sc5ccccc54)c32)-c2cccc3c4cc5ccccc5cc4n1c23. The predicted octanol–water partition coefficient (Wildman–Crippen LogP) is 9.40. The summed E-state index contributed by atoms with van der Waals surface area (Å²) in [5, 5.41) is 13.9. The lowest BCUT2D eigenvalue weighted by molar-refractivity contribution is 1.27. The van der Waals surface area contributed by atoms with E-state index in [1.807, 2.05) is 11.3 Å². The maximum Gasteiger partial charge on any atom is 0.333 e. The highest BCUT2D eigenvalue weighted by atomic mass is 32.1. The summed E-state index contributed by atoms with van der Waals surface area (Å²) in [6.07, 6.45) is 0. The molecule has 0 saturated heterocycles. The number of nitrogens with zero attached hydrogens (tertiary/aromatic N) is 2. The molecule has 5 heteroatoms. The van der Waals surface area contributed by atoms with Gasteiger partial charge in [-0.15, -0.1) is 11.3 Å². The third-order valence-electron chi connectivity index (χ3n) is 13.9. The molecule has 0 N–H and O–H groups in total. The molecule has 4 aliphatic heterocycles. The van der Waals surface area contributed by atoms with Gasteiger partial charge in [-0.1, -0.05) is 146 Å². The van der Waals surface area contributed by atoms with Gasteiger partial charge in [0.1, 0.15) is 0 Å². The Hall–Kier alpha value is -6.66. The Morgan fingerprint density at radius 3 is 1.95 bits per heavy atom. The van der Waals surface area contributed by atoms with Crippen molar-refractivity contribution in [2.24, 2.45) is 0 Å². The predicted molar refractivity (Wildman–Crippen MR) is 247 cm³/mol. The van der Waals surface area contributed by atoms with Gasteiger partial charge in [0.15, 0.2) is 8.07 Å². The van der Waals surface area contributed by atoms with E-state index in [0.717, 1.165) is 0 Å². The molecule has 0 atom stereocenters. The van der Waals surface area contributed by atoms with Crippen LogP contribution in [0.25, 0.3) is 75.0 Å². The van der Waals surface area contributed by atoms with Crippen LogP contribution < -0.4 is 36.6 Å². The van der Waals surface area contributed by atoms with Crippen LogP contribution in [-0.4, -0.2) is 19.4 Å². The Balaban J connectivity index is 1.19. The molecule has 0 saturated carbocycles. The molecular formula is C52H29BN2SSi. The summed E-state index contributed by atoms with van der Waals surface area (Å²) >= 11 is 1.96. The van der Waals surface area contributed by atoms with Crippen molar-refractivity contribution in [3.63, 3.8) is 0 Å². The highest BCUT2D eigenvalue weighted by molar-refractivity contribution is 7.27. The van der Waals surface area contributed by atoms with Crippen molar-refractivity contribution in [3.8, 4) is 22.3 Å². The van der Waals surface area contributed by atoms with Gasteiger partial charge in [-0.2, -0.15) is 0 Å². The van der Waals surface area contributed by atoms with Gasteiger partial charge in [-0.25, -0.2) is 0 Å². The number of rotatable bonds is 0. The van der Waals surface area contributed by atoms with E-state index in [0.29, 0.717) is 0 Å². The molecule has 0 radical (unpaired) electrons. The van der Waals surface area contributed by atoms with Crippen molar-refractivity contribution in [2.45, 2.75) is 0 Å². The maximum absolute atomic E-state index is 2.77. The zero-order chi connectivity index (χ0) is 36.7. The van der Waals surface area contributed by atoms with Gasteiger partial charge in [-0.05, 0) is 89.5 Å². The lowest BCUT2D eigenvalue weighted by atomic mass is 9.45. The standard InChI is InChI=1S/C52H29BN2SSi/c1-2-14-31-28-42-37(27-30(31)13-1)35-18-11-19-36-38-29-39-32-15-3-7-22-43(32)56-52(39)51-48(38)53(55(42)49(35)36)40-20-12-26-47-50(40)54(51)41-21-6-10-25-46(41)57(47)44-23-8-4-16-33(44)34-17-5-9-24-45(34)57/h1-29H. The van der Waals surface area contributed by atoms with E-state index in [2.05, 4.69) is 185 Å². The average Bonchev–Trinajstić information content (AvgIpc) is 3.90. The summed E-state index contributed by atoms with van der Waals surface area (Å²) in [6, 6.07) is 67.9. The Morgan fingerprint density at radius 1 is 0.456 bits per heavy atom. The largest absolute Gasteiger partial charge is 0.375 e. The smallest absolute Gasteiger partial charge is 0.333 e. The van der Waals surface area contributed by atoms with Crippen LogP contribution in [0.15, 0.2) is 176 Å². The zero-order valence-electron chi connectivity index (χ0n) is 30.6. The Labute approximate surface area is 333 Å². The summed E-state index contributed by atoms with van der Waals surface area (Å²) in [5.74, 6) is 0. The van der Waals surface area contributed by atoms with Gasteiger partial charge < -0.3 is 9.38 Å². The second kappa shape index (κ2) is 10.0. The van der Waals surface area contributed by atoms with Gasteiger partial charge >= 0.3 is 6.85 Å². The summed E-state index contributed by atoms with van der Waals surface area (Å²) in [6.45, 7) is -0.00456. The summed E-state index contributed by atoms with van der Waals surface area (Å²) in [5.41, 5.74) is 15.0. The fourth-order valence-corrected chi connectivity index (χ4v) is 18.7. The van der Waals surface area contributed by atoms with E-state index in [4.69, 9.17) is 0 Å². The average molecular weight is 753 g/mol. The molecule has 0 bridgehead atoms. The second-order valence-corrected chi connectivity index (χ2v) is 21.0. The monoisotopic (exact) mass is 752 g/mol. The van der Waals surface area contributed by atoms with Gasteiger partial charge in [0.25, 0.3) is 0 Å². The van der Waals surface area contributed by atoms with Crippen molar-refractivity contribution in [2.75, 3.05) is 4.90 Å². The molecule has 6 heterocycles. The normalized spacial score (nSPS) is 14.7. The molecule has 2 aromatic heterocycles. The van der Waals surface area contributed by atoms with E-state index in [9.17, 15) is 0 Å². The first-order valence-corrected chi connectivity index (χ1v) is 22.8. The minimum atomic E-state index is -2.77. The molecule has 260 valence electrons. The van der Waals surface area contributed by atoms with Crippen molar-refractivity contribution >= 4 is 128 Å². The zero-order valence-corrected chi connectivity index (χ0v) is 32.4. The number of benzene rings is 9. The number of fused-ring (bicyclic) bond motifs is 21. The molecule has 0 unspecified atom stereocenters. The molecule has 0 amide bonds. The highest BCUT2D eigenvalue weighted by Crippen LogP contribution is 2.52. The molecule has 2 nitrogen and oxygen atoms in total. The first-order chi connectivity index (χ1) is 28.3. The fraction of sp³-hybridized carbons (Fsp3) is 0. The molecule has 9 aromatic carbocycles. The number of hydrogen-bond donors (Lipinski definition) is 0. The first kappa shape index (κ1) is 29.6. The summed E-state index contributed by atoms with van der Waals surface area (Å²) < 4.78 is 5.46. The van der Waals surface area contributed by atoms with Crippen LogP contribution in [0, 0.1) is 0 Å². The van der Waals surface area contributed by atoms with Gasteiger partial charge in [0, 0.05) is 54.2 Å². The van der Waals surface area contributed by atoms with E-state index in [1.54, 1.807) is 0 Å². The number of aromatic nitrogens is 1. The second-order valence-electron chi connectivity index (χ2n) is 16.3. The topological polar surface area (TPSA) is 8.17 Å². The van der Waals surface area contributed by atoms with E-state index in [1.165, 1.54) is 124 Å². The van der Waals surface area contributed by atoms with Crippen LogP contribution >= 0.6 is 11.3 Å². The van der Waals surface area contributed by atoms with Crippen molar-refractivity contribution in [1.82, 2.24) is 4.48 Å². The van der Waals surface area contributed by atoms with E-state index in [-0.39, 0.29) is 6.85 Å². The minimum absolute atomic E-state index is 0.00456. The fourth-order valence-electron chi connectivity index (χ4n) is 11.9. The molecule has 0 aliphatic carbocycles. The molecular weight excluding hydrogens is 724 g/mol. The van der Waals surface area contributed by atoms with Gasteiger partial charge in [0.2, 0.25) is 0 Å². The van der Waals surface area contributed by atoms with Crippen LogP contribution in [0.2, 0.25) is 0 Å².